The number of aromatic hydroxyl groups is 1. The van der Waals surface area contributed by atoms with Gasteiger partial charge in [-0.2, -0.15) is 10.1 Å². The number of hydrogen-bond donors (Lipinski definition) is 3. The first-order valence-electron chi connectivity index (χ1n) is 9.26. The Morgan fingerprint density at radius 2 is 2.14 bits per heavy atom. The van der Waals surface area contributed by atoms with E-state index in [4.69, 9.17) is 4.74 Å². The molecule has 3 rings (SSSR count). The highest BCUT2D eigenvalue weighted by atomic mass is 16.5. The van der Waals surface area contributed by atoms with Gasteiger partial charge in [-0.25, -0.2) is 10.2 Å². The summed E-state index contributed by atoms with van der Waals surface area (Å²) < 4.78 is 8.36. The molecular formula is C19H24N6O4. The molecule has 0 aliphatic carbocycles. The van der Waals surface area contributed by atoms with Crippen molar-refractivity contribution >= 4 is 23.3 Å². The number of H-pyrrole nitrogens is 1. The SMILES string of the molecule is CCOc1cc(C=NNc2nc3c(c(=O)[nH]c(=O)n3C)n2CC(C)C)ccc1O. The lowest BCUT2D eigenvalue weighted by atomic mass is 10.2. The summed E-state index contributed by atoms with van der Waals surface area (Å²) in [6.45, 7) is 6.81. The number of phenols is 1. The number of aromatic amines is 1. The van der Waals surface area contributed by atoms with Gasteiger partial charge in [-0.3, -0.25) is 14.3 Å². The third-order valence-electron chi connectivity index (χ3n) is 4.22. The monoisotopic (exact) mass is 400 g/mol. The van der Waals surface area contributed by atoms with Gasteiger partial charge in [-0.1, -0.05) is 13.8 Å². The van der Waals surface area contributed by atoms with Gasteiger partial charge in [0, 0.05) is 13.6 Å². The zero-order chi connectivity index (χ0) is 21.1. The van der Waals surface area contributed by atoms with Gasteiger partial charge in [-0.05, 0) is 36.6 Å². The molecule has 0 aliphatic rings. The van der Waals surface area contributed by atoms with Gasteiger partial charge in [0.2, 0.25) is 5.95 Å². The van der Waals surface area contributed by atoms with Crippen LogP contribution in [-0.4, -0.2) is 37.0 Å². The fraction of sp³-hybridized carbons (Fsp3) is 0.368. The standard InChI is InChI=1S/C19H24N6O4/c1-5-29-14-8-12(6-7-13(14)26)9-20-23-18-21-16-15(25(18)10-11(2)3)17(27)22-19(28)24(16)4/h6-9,11,26H,5,10H2,1-4H3,(H,21,23)(H,22,27,28). The number of rotatable bonds is 7. The number of fused-ring (bicyclic) bond motifs is 1. The Morgan fingerprint density at radius 1 is 1.38 bits per heavy atom. The Labute approximate surface area is 166 Å². The van der Waals surface area contributed by atoms with E-state index in [9.17, 15) is 14.7 Å². The van der Waals surface area contributed by atoms with E-state index < -0.39 is 11.2 Å². The molecule has 0 saturated heterocycles. The van der Waals surface area contributed by atoms with Crippen LogP contribution in [0, 0.1) is 5.92 Å². The molecule has 29 heavy (non-hydrogen) atoms. The van der Waals surface area contributed by atoms with E-state index in [1.165, 1.54) is 10.6 Å². The molecule has 10 heteroatoms. The number of ether oxygens (including phenoxy) is 1. The third kappa shape index (κ3) is 4.15. The molecule has 0 amide bonds. The van der Waals surface area contributed by atoms with Gasteiger partial charge in [0.1, 0.15) is 0 Å². The lowest BCUT2D eigenvalue weighted by molar-refractivity contribution is 0.318. The molecule has 0 aliphatic heterocycles. The van der Waals surface area contributed by atoms with Crippen LogP contribution < -0.4 is 21.4 Å². The molecule has 2 heterocycles. The van der Waals surface area contributed by atoms with Crippen LogP contribution in [0.5, 0.6) is 11.5 Å². The lowest BCUT2D eigenvalue weighted by Crippen LogP contribution is -2.29. The lowest BCUT2D eigenvalue weighted by Gasteiger charge is -2.10. The number of aromatic nitrogens is 4. The molecule has 10 nitrogen and oxygen atoms in total. The van der Waals surface area contributed by atoms with E-state index in [1.54, 1.807) is 30.0 Å². The second-order valence-corrected chi connectivity index (χ2v) is 6.96. The smallest absolute Gasteiger partial charge is 0.329 e. The van der Waals surface area contributed by atoms with Gasteiger partial charge < -0.3 is 14.4 Å². The number of benzene rings is 1. The van der Waals surface area contributed by atoms with Crippen LogP contribution in [0.25, 0.3) is 11.2 Å². The minimum absolute atomic E-state index is 0.0517. The highest BCUT2D eigenvalue weighted by Crippen LogP contribution is 2.26. The van der Waals surface area contributed by atoms with Gasteiger partial charge in [0.05, 0.1) is 12.8 Å². The van der Waals surface area contributed by atoms with E-state index in [-0.39, 0.29) is 17.3 Å². The number of hydrazone groups is 1. The maximum absolute atomic E-state index is 12.4. The van der Waals surface area contributed by atoms with E-state index in [0.29, 0.717) is 35.9 Å². The molecule has 0 unspecified atom stereocenters. The number of anilines is 1. The summed E-state index contributed by atoms with van der Waals surface area (Å²) in [5.74, 6) is 1.00. The van der Waals surface area contributed by atoms with Gasteiger partial charge in [0.25, 0.3) is 5.56 Å². The Kier molecular flexibility index (Phi) is 5.71. The minimum Gasteiger partial charge on any atom is -0.504 e. The van der Waals surface area contributed by atoms with Gasteiger partial charge in [0.15, 0.2) is 22.7 Å². The predicted octanol–water partition coefficient (Wildman–Crippen LogP) is 1.63. The average molecular weight is 400 g/mol. The first-order chi connectivity index (χ1) is 13.8. The molecule has 2 aromatic heterocycles. The van der Waals surface area contributed by atoms with Crippen molar-refractivity contribution in [2.75, 3.05) is 12.0 Å². The summed E-state index contributed by atoms with van der Waals surface area (Å²) in [7, 11) is 1.55. The molecule has 0 saturated carbocycles. The molecule has 0 spiro atoms. The molecule has 1 aromatic carbocycles. The van der Waals surface area contributed by atoms with Gasteiger partial charge >= 0.3 is 5.69 Å². The highest BCUT2D eigenvalue weighted by Gasteiger charge is 2.17. The number of hydrogen-bond acceptors (Lipinski definition) is 7. The molecule has 0 radical (unpaired) electrons. The van der Waals surface area contributed by atoms with Crippen LogP contribution in [0.15, 0.2) is 32.9 Å². The van der Waals surface area contributed by atoms with E-state index in [1.807, 2.05) is 20.8 Å². The molecule has 0 fully saturated rings. The Balaban J connectivity index is 1.97. The maximum atomic E-state index is 12.4. The summed E-state index contributed by atoms with van der Waals surface area (Å²) >= 11 is 0. The van der Waals surface area contributed by atoms with Crippen LogP contribution in [0.4, 0.5) is 5.95 Å². The topological polar surface area (TPSA) is 127 Å². The Hall–Kier alpha value is -3.56. The molecule has 0 atom stereocenters. The van der Waals surface area contributed by atoms with E-state index in [0.717, 1.165) is 0 Å². The number of phenolic OH excluding ortho intramolecular Hbond substituents is 1. The Bertz CT molecular complexity index is 1170. The van der Waals surface area contributed by atoms with Crippen LogP contribution in [0.1, 0.15) is 26.3 Å². The van der Waals surface area contributed by atoms with Crippen LogP contribution in [0.3, 0.4) is 0 Å². The quantitative estimate of drug-likeness (QED) is 0.409. The van der Waals surface area contributed by atoms with Crippen molar-refractivity contribution in [2.24, 2.45) is 18.1 Å². The minimum atomic E-state index is -0.528. The van der Waals surface area contributed by atoms with Crippen molar-refractivity contribution in [2.45, 2.75) is 27.3 Å². The zero-order valence-electron chi connectivity index (χ0n) is 16.8. The Morgan fingerprint density at radius 3 is 2.83 bits per heavy atom. The van der Waals surface area contributed by atoms with Crippen LogP contribution in [-0.2, 0) is 13.6 Å². The predicted molar refractivity (Wildman–Crippen MR) is 111 cm³/mol. The molecule has 154 valence electrons. The highest BCUT2D eigenvalue weighted by molar-refractivity contribution is 5.81. The van der Waals surface area contributed by atoms with E-state index >= 15 is 0 Å². The van der Waals surface area contributed by atoms with Crippen LogP contribution >= 0.6 is 0 Å². The normalized spacial score (nSPS) is 11.6. The van der Waals surface area contributed by atoms with Crippen LogP contribution in [0.2, 0.25) is 0 Å². The fourth-order valence-corrected chi connectivity index (χ4v) is 2.91. The molecule has 3 aromatic rings. The van der Waals surface area contributed by atoms with Crippen molar-refractivity contribution in [3.05, 3.63) is 44.6 Å². The summed E-state index contributed by atoms with van der Waals surface area (Å²) in [5.41, 5.74) is 3.11. The fourth-order valence-electron chi connectivity index (χ4n) is 2.91. The average Bonchev–Trinajstić information content (AvgIpc) is 3.01. The summed E-state index contributed by atoms with van der Waals surface area (Å²) in [5, 5.41) is 14.0. The second-order valence-electron chi connectivity index (χ2n) is 6.96. The van der Waals surface area contributed by atoms with Gasteiger partial charge in [-0.15, -0.1) is 0 Å². The molecule has 0 bridgehead atoms. The maximum Gasteiger partial charge on any atom is 0.329 e. The first kappa shape index (κ1) is 20.2. The second kappa shape index (κ2) is 8.21. The number of imidazole rings is 1. The van der Waals surface area contributed by atoms with Crippen molar-refractivity contribution in [3.63, 3.8) is 0 Å². The largest absolute Gasteiger partial charge is 0.504 e. The summed E-state index contributed by atoms with van der Waals surface area (Å²) in [6, 6.07) is 4.87. The van der Waals surface area contributed by atoms with Crippen molar-refractivity contribution < 1.29 is 9.84 Å². The molecule has 3 N–H and O–H groups in total. The zero-order valence-corrected chi connectivity index (χ0v) is 16.8. The summed E-state index contributed by atoms with van der Waals surface area (Å²) in [6.07, 6.45) is 1.55. The summed E-state index contributed by atoms with van der Waals surface area (Å²) in [4.78, 5) is 30.9. The van der Waals surface area contributed by atoms with Crippen molar-refractivity contribution in [1.82, 2.24) is 19.1 Å². The first-order valence-corrected chi connectivity index (χ1v) is 9.26. The number of aryl methyl sites for hydroxylation is 1. The third-order valence-corrected chi connectivity index (χ3v) is 4.22. The van der Waals surface area contributed by atoms with Crippen molar-refractivity contribution in [1.29, 1.82) is 0 Å². The number of nitrogens with zero attached hydrogens (tertiary/aromatic N) is 4. The van der Waals surface area contributed by atoms with Crippen molar-refractivity contribution in [3.8, 4) is 11.5 Å². The van der Waals surface area contributed by atoms with E-state index in [2.05, 4.69) is 20.5 Å². The number of nitrogens with one attached hydrogen (secondary N) is 2. The molecular weight excluding hydrogens is 376 g/mol.